The van der Waals surface area contributed by atoms with E-state index in [9.17, 15) is 9.59 Å². The lowest BCUT2D eigenvalue weighted by atomic mass is 9.94. The number of carbonyl (C=O) groups is 1. The van der Waals surface area contributed by atoms with E-state index < -0.39 is 12.0 Å². The van der Waals surface area contributed by atoms with E-state index in [1.54, 1.807) is 43.3 Å². The van der Waals surface area contributed by atoms with Crippen LogP contribution in [0.25, 0.3) is 6.08 Å². The largest absolute Gasteiger partial charge is 0.493 e. The standard InChI is InChI=1S/C31H35ClN2O7S/c1-7-39-28-22(9-8-10-24(28)38-6)27-26(30(36)40-14-13-37-5)19(4)33-31-34(27)29(35)25(42-31)16-20-15-21(32)11-12-23(20)41-17-18(2)3/h8-12,15-16,18,27H,7,13-14,17H2,1-6H3/b25-16+/t27-/m0/s1. The Bertz CT molecular complexity index is 1660. The molecule has 4 rings (SSSR count). The number of carbonyl (C=O) groups excluding carboxylic acids is 1. The molecule has 0 aliphatic carbocycles. The van der Waals surface area contributed by atoms with Gasteiger partial charge in [0.25, 0.3) is 5.56 Å². The van der Waals surface area contributed by atoms with Crippen LogP contribution < -0.4 is 29.1 Å². The maximum absolute atomic E-state index is 14.2. The van der Waals surface area contributed by atoms with Crippen LogP contribution in [0.1, 0.15) is 44.9 Å². The van der Waals surface area contributed by atoms with E-state index in [2.05, 4.69) is 18.8 Å². The van der Waals surface area contributed by atoms with Gasteiger partial charge in [0.15, 0.2) is 16.3 Å². The molecule has 11 heteroatoms. The second-order valence-corrected chi connectivity index (χ2v) is 11.4. The number of methoxy groups -OCH3 is 2. The molecule has 0 bridgehead atoms. The number of thiazole rings is 1. The van der Waals surface area contributed by atoms with Gasteiger partial charge in [0, 0.05) is 23.3 Å². The highest BCUT2D eigenvalue weighted by Gasteiger charge is 2.36. The first-order chi connectivity index (χ1) is 20.2. The zero-order chi connectivity index (χ0) is 30.4. The number of fused-ring (bicyclic) bond motifs is 1. The number of ether oxygens (including phenoxy) is 5. The highest BCUT2D eigenvalue weighted by atomic mass is 35.5. The summed E-state index contributed by atoms with van der Waals surface area (Å²) in [7, 11) is 3.06. The second-order valence-electron chi connectivity index (χ2n) is 9.91. The third-order valence-electron chi connectivity index (χ3n) is 6.41. The van der Waals surface area contributed by atoms with Gasteiger partial charge < -0.3 is 23.7 Å². The van der Waals surface area contributed by atoms with Gasteiger partial charge in [0.1, 0.15) is 18.4 Å². The number of hydrogen-bond acceptors (Lipinski definition) is 9. The Hall–Kier alpha value is -3.60. The van der Waals surface area contributed by atoms with Crippen LogP contribution in [0.15, 0.2) is 57.5 Å². The molecule has 3 aromatic rings. The predicted octanol–water partition coefficient (Wildman–Crippen LogP) is 4.52. The summed E-state index contributed by atoms with van der Waals surface area (Å²) in [5, 5.41) is 0.512. The van der Waals surface area contributed by atoms with E-state index in [0.717, 1.165) is 0 Å². The maximum Gasteiger partial charge on any atom is 0.338 e. The molecule has 1 aromatic heterocycles. The first-order valence-electron chi connectivity index (χ1n) is 13.6. The highest BCUT2D eigenvalue weighted by molar-refractivity contribution is 7.07. The topological polar surface area (TPSA) is 97.6 Å². The molecule has 0 spiro atoms. The fraction of sp³-hybridized carbons (Fsp3) is 0.387. The molecular formula is C31H35ClN2O7S. The number of allylic oxidation sites excluding steroid dienone is 1. The van der Waals surface area contributed by atoms with Gasteiger partial charge in [-0.3, -0.25) is 9.36 Å². The third-order valence-corrected chi connectivity index (χ3v) is 7.62. The smallest absolute Gasteiger partial charge is 0.338 e. The van der Waals surface area contributed by atoms with Gasteiger partial charge in [-0.25, -0.2) is 9.79 Å². The number of esters is 1. The minimum Gasteiger partial charge on any atom is -0.493 e. The molecule has 2 heterocycles. The summed E-state index contributed by atoms with van der Waals surface area (Å²) in [6.45, 7) is 8.83. The summed E-state index contributed by atoms with van der Waals surface area (Å²) < 4.78 is 30.1. The molecule has 0 radical (unpaired) electrons. The van der Waals surface area contributed by atoms with Crippen molar-refractivity contribution < 1.29 is 28.5 Å². The summed E-state index contributed by atoms with van der Waals surface area (Å²) in [6.07, 6.45) is 1.74. The average Bonchev–Trinajstić information content (AvgIpc) is 3.26. The van der Waals surface area contributed by atoms with Crippen LogP contribution in [-0.2, 0) is 14.3 Å². The van der Waals surface area contributed by atoms with Gasteiger partial charge in [0.05, 0.1) is 42.7 Å². The normalized spacial score (nSPS) is 15.0. The molecule has 42 heavy (non-hydrogen) atoms. The molecular weight excluding hydrogens is 580 g/mol. The maximum atomic E-state index is 14.2. The molecule has 1 aliphatic rings. The quantitative estimate of drug-likeness (QED) is 0.219. The van der Waals surface area contributed by atoms with Gasteiger partial charge in [-0.2, -0.15) is 0 Å². The zero-order valence-corrected chi connectivity index (χ0v) is 26.1. The molecule has 1 atom stereocenters. The fourth-order valence-electron chi connectivity index (χ4n) is 4.54. The van der Waals surface area contributed by atoms with Crippen molar-refractivity contribution in [1.29, 1.82) is 0 Å². The van der Waals surface area contributed by atoms with Crippen LogP contribution in [0.2, 0.25) is 5.02 Å². The summed E-state index contributed by atoms with van der Waals surface area (Å²) >= 11 is 7.54. The molecule has 0 unspecified atom stereocenters. The van der Waals surface area contributed by atoms with Crippen molar-refractivity contribution in [2.24, 2.45) is 10.9 Å². The lowest BCUT2D eigenvalue weighted by Gasteiger charge is -2.27. The van der Waals surface area contributed by atoms with Crippen molar-refractivity contribution in [1.82, 2.24) is 4.57 Å². The van der Waals surface area contributed by atoms with Crippen molar-refractivity contribution >= 4 is 35.0 Å². The van der Waals surface area contributed by atoms with Crippen LogP contribution in [0.5, 0.6) is 17.2 Å². The zero-order valence-electron chi connectivity index (χ0n) is 24.6. The molecule has 9 nitrogen and oxygen atoms in total. The van der Waals surface area contributed by atoms with Crippen molar-refractivity contribution in [3.8, 4) is 17.2 Å². The molecule has 0 saturated carbocycles. The number of nitrogens with zero attached hydrogens (tertiary/aromatic N) is 2. The van der Waals surface area contributed by atoms with Gasteiger partial charge in [-0.15, -0.1) is 0 Å². The van der Waals surface area contributed by atoms with Crippen molar-refractivity contribution in [2.45, 2.75) is 33.7 Å². The van der Waals surface area contributed by atoms with E-state index in [1.165, 1.54) is 30.1 Å². The van der Waals surface area contributed by atoms with E-state index in [-0.39, 0.29) is 24.3 Å². The molecule has 0 amide bonds. The first kappa shape index (κ1) is 31.3. The van der Waals surface area contributed by atoms with Crippen LogP contribution in [0, 0.1) is 5.92 Å². The minimum absolute atomic E-state index is 0.0492. The van der Waals surface area contributed by atoms with Gasteiger partial charge in [-0.1, -0.05) is 48.9 Å². The lowest BCUT2D eigenvalue weighted by Crippen LogP contribution is -2.40. The summed E-state index contributed by atoms with van der Waals surface area (Å²) in [5.74, 6) is 1.23. The monoisotopic (exact) mass is 614 g/mol. The number of aromatic nitrogens is 1. The minimum atomic E-state index is -0.883. The lowest BCUT2D eigenvalue weighted by molar-refractivity contribution is -0.140. The molecule has 0 N–H and O–H groups in total. The first-order valence-corrected chi connectivity index (χ1v) is 14.8. The molecule has 0 saturated heterocycles. The third kappa shape index (κ3) is 6.72. The number of rotatable bonds is 12. The summed E-state index contributed by atoms with van der Waals surface area (Å²) in [5.41, 5.74) is 1.56. The van der Waals surface area contributed by atoms with Crippen molar-refractivity contribution in [3.63, 3.8) is 0 Å². The van der Waals surface area contributed by atoms with Gasteiger partial charge in [0.2, 0.25) is 0 Å². The Morgan fingerprint density at radius 2 is 1.93 bits per heavy atom. The highest BCUT2D eigenvalue weighted by Crippen LogP contribution is 2.40. The SMILES string of the molecule is CCOc1c(OC)cccc1[C@H]1C(C(=O)OCCOC)=C(C)N=c2s/c(=C/c3cc(Cl)ccc3OCC(C)C)c(=O)n21. The number of benzene rings is 2. The van der Waals surface area contributed by atoms with Crippen LogP contribution >= 0.6 is 22.9 Å². The molecule has 2 aromatic carbocycles. The van der Waals surface area contributed by atoms with Gasteiger partial charge in [-0.05, 0) is 50.1 Å². The molecule has 1 aliphatic heterocycles. The Labute approximate surface area is 253 Å². The van der Waals surface area contributed by atoms with E-state index in [0.29, 0.717) is 67.6 Å². The van der Waals surface area contributed by atoms with Crippen LogP contribution in [0.4, 0.5) is 0 Å². The van der Waals surface area contributed by atoms with Crippen LogP contribution in [-0.4, -0.2) is 51.2 Å². The Morgan fingerprint density at radius 3 is 2.62 bits per heavy atom. The molecule has 0 fully saturated rings. The van der Waals surface area contributed by atoms with E-state index >= 15 is 0 Å². The molecule has 224 valence electrons. The number of para-hydroxylation sites is 1. The Balaban J connectivity index is 1.95. The fourth-order valence-corrected chi connectivity index (χ4v) is 5.76. The second kappa shape index (κ2) is 14.0. The average molecular weight is 615 g/mol. The summed E-state index contributed by atoms with van der Waals surface area (Å²) in [6, 6.07) is 9.78. The van der Waals surface area contributed by atoms with E-state index in [1.807, 2.05) is 13.0 Å². The number of hydrogen-bond donors (Lipinski definition) is 0. The van der Waals surface area contributed by atoms with Crippen molar-refractivity contribution in [2.75, 3.05) is 40.6 Å². The van der Waals surface area contributed by atoms with Gasteiger partial charge >= 0.3 is 5.97 Å². The Kier molecular flexibility index (Phi) is 10.5. The number of halogens is 1. The van der Waals surface area contributed by atoms with Crippen LogP contribution in [0.3, 0.4) is 0 Å². The van der Waals surface area contributed by atoms with E-state index in [4.69, 9.17) is 35.3 Å². The predicted molar refractivity (Wildman–Crippen MR) is 163 cm³/mol. The summed E-state index contributed by atoms with van der Waals surface area (Å²) in [4.78, 5) is 32.8. The van der Waals surface area contributed by atoms with Crippen molar-refractivity contribution in [3.05, 3.63) is 83.5 Å². The Morgan fingerprint density at radius 1 is 1.14 bits per heavy atom.